The Morgan fingerprint density at radius 2 is 2.11 bits per heavy atom. The molecule has 148 valence electrons. The highest BCUT2D eigenvalue weighted by molar-refractivity contribution is 7.99. The van der Waals surface area contributed by atoms with Crippen LogP contribution in [-0.2, 0) is 15.8 Å². The van der Waals surface area contributed by atoms with Gasteiger partial charge in [0.2, 0.25) is 11.8 Å². The third-order valence-corrected chi connectivity index (χ3v) is 4.74. The number of thioether (sulfide) groups is 1. The molecule has 2 heterocycles. The van der Waals surface area contributed by atoms with E-state index in [0.29, 0.717) is 10.9 Å². The number of halogens is 3. The van der Waals surface area contributed by atoms with Crippen molar-refractivity contribution < 1.29 is 22.8 Å². The number of aromatic amines is 1. The highest BCUT2D eigenvalue weighted by Crippen LogP contribution is 2.32. The van der Waals surface area contributed by atoms with Crippen LogP contribution < -0.4 is 16.2 Å². The van der Waals surface area contributed by atoms with Crippen molar-refractivity contribution >= 4 is 35.1 Å². The minimum Gasteiger partial charge on any atom is -0.326 e. The van der Waals surface area contributed by atoms with Crippen LogP contribution in [-0.4, -0.2) is 27.5 Å². The Bertz CT molecular complexity index is 990. The predicted molar refractivity (Wildman–Crippen MR) is 97.3 cm³/mol. The second-order valence-electron chi connectivity index (χ2n) is 5.94. The van der Waals surface area contributed by atoms with Crippen molar-refractivity contribution in [2.45, 2.75) is 30.6 Å². The number of alkyl halides is 3. The van der Waals surface area contributed by atoms with Gasteiger partial charge in [0.15, 0.2) is 5.16 Å². The second-order valence-corrected chi connectivity index (χ2v) is 7.19. The standard InChI is InChI=1S/C17H15F3N4O3S/c1-2-28-16-23-13-12(15(27)24-16)10(7-11(25)22-13)14(26)21-9-5-3-4-8(6-9)17(18,19)20/h3-6,10H,2,7H2,1H3,(H,21,26)(H2,22,23,24,25,27)/t10-/m0/s1. The summed E-state index contributed by atoms with van der Waals surface area (Å²) in [5, 5.41) is 5.11. The molecule has 0 bridgehead atoms. The average Bonchev–Trinajstić information content (AvgIpc) is 2.60. The zero-order valence-corrected chi connectivity index (χ0v) is 15.3. The second kappa shape index (κ2) is 7.66. The van der Waals surface area contributed by atoms with Crippen LogP contribution in [0.1, 0.15) is 30.4 Å². The molecule has 0 saturated carbocycles. The summed E-state index contributed by atoms with van der Waals surface area (Å²) in [6, 6.07) is 4.11. The molecule has 11 heteroatoms. The molecule has 1 atom stereocenters. The molecule has 28 heavy (non-hydrogen) atoms. The lowest BCUT2D eigenvalue weighted by atomic mass is 9.92. The summed E-state index contributed by atoms with van der Waals surface area (Å²) in [5.41, 5.74) is -1.61. The van der Waals surface area contributed by atoms with E-state index in [0.717, 1.165) is 18.2 Å². The van der Waals surface area contributed by atoms with Crippen LogP contribution in [0, 0.1) is 0 Å². The monoisotopic (exact) mass is 412 g/mol. The van der Waals surface area contributed by atoms with Gasteiger partial charge >= 0.3 is 6.18 Å². The van der Waals surface area contributed by atoms with Crippen LogP contribution in [0.3, 0.4) is 0 Å². The van der Waals surface area contributed by atoms with Crippen molar-refractivity contribution in [3.8, 4) is 0 Å². The molecule has 0 unspecified atom stereocenters. The molecule has 7 nitrogen and oxygen atoms in total. The van der Waals surface area contributed by atoms with Gasteiger partial charge in [0.05, 0.1) is 17.0 Å². The fraction of sp³-hybridized carbons (Fsp3) is 0.294. The number of nitrogens with one attached hydrogen (secondary N) is 3. The Hall–Kier alpha value is -2.82. The first kappa shape index (κ1) is 19.9. The molecule has 0 saturated heterocycles. The Balaban J connectivity index is 1.92. The highest BCUT2D eigenvalue weighted by atomic mass is 32.2. The van der Waals surface area contributed by atoms with Gasteiger partial charge in [0.25, 0.3) is 5.56 Å². The Kier molecular flexibility index (Phi) is 5.45. The van der Waals surface area contributed by atoms with E-state index in [4.69, 9.17) is 0 Å². The summed E-state index contributed by atoms with van der Waals surface area (Å²) in [6.07, 6.45) is -4.88. The maximum Gasteiger partial charge on any atom is 0.416 e. The number of hydrogen-bond donors (Lipinski definition) is 3. The van der Waals surface area contributed by atoms with Gasteiger partial charge in [-0.2, -0.15) is 13.2 Å². The van der Waals surface area contributed by atoms with Gasteiger partial charge in [-0.15, -0.1) is 0 Å². The van der Waals surface area contributed by atoms with Crippen LogP contribution in [0.2, 0.25) is 0 Å². The molecule has 3 rings (SSSR count). The molecule has 3 N–H and O–H groups in total. The van der Waals surface area contributed by atoms with Crippen molar-refractivity contribution in [1.82, 2.24) is 9.97 Å². The lowest BCUT2D eigenvalue weighted by Crippen LogP contribution is -2.36. The number of aromatic nitrogens is 2. The number of rotatable bonds is 4. The number of fused-ring (bicyclic) bond motifs is 1. The maximum atomic E-state index is 12.8. The maximum absolute atomic E-state index is 12.8. The summed E-state index contributed by atoms with van der Waals surface area (Å²) in [4.78, 5) is 43.7. The molecule has 1 aromatic carbocycles. The molecular formula is C17H15F3N4O3S. The summed E-state index contributed by atoms with van der Waals surface area (Å²) < 4.78 is 38.5. The summed E-state index contributed by atoms with van der Waals surface area (Å²) >= 11 is 1.25. The van der Waals surface area contributed by atoms with Gasteiger partial charge in [-0.3, -0.25) is 14.4 Å². The number of hydrogen-bond acceptors (Lipinski definition) is 5. The lowest BCUT2D eigenvalue weighted by molar-refractivity contribution is -0.137. The summed E-state index contributed by atoms with van der Waals surface area (Å²) in [7, 11) is 0. The van der Waals surface area contributed by atoms with Crippen LogP contribution in [0.5, 0.6) is 0 Å². The molecule has 2 amide bonds. The van der Waals surface area contributed by atoms with Crippen molar-refractivity contribution in [3.63, 3.8) is 0 Å². The quantitative estimate of drug-likeness (QED) is 0.529. The largest absolute Gasteiger partial charge is 0.416 e. The summed E-state index contributed by atoms with van der Waals surface area (Å²) in [6.45, 7) is 1.86. The minimum absolute atomic E-state index is 0.0138. The van der Waals surface area contributed by atoms with E-state index in [2.05, 4.69) is 20.6 Å². The fourth-order valence-corrected chi connectivity index (χ4v) is 3.38. The summed E-state index contributed by atoms with van der Waals surface area (Å²) in [5.74, 6) is -1.83. The van der Waals surface area contributed by atoms with E-state index < -0.39 is 35.0 Å². The van der Waals surface area contributed by atoms with Gasteiger partial charge in [-0.1, -0.05) is 24.8 Å². The van der Waals surface area contributed by atoms with E-state index >= 15 is 0 Å². The van der Waals surface area contributed by atoms with Crippen molar-refractivity contribution in [3.05, 3.63) is 45.7 Å². The van der Waals surface area contributed by atoms with E-state index in [-0.39, 0.29) is 23.5 Å². The molecule has 1 aliphatic rings. The molecule has 1 aliphatic heterocycles. The highest BCUT2D eigenvalue weighted by Gasteiger charge is 2.35. The molecule has 1 aromatic heterocycles. The van der Waals surface area contributed by atoms with Crippen molar-refractivity contribution in [2.24, 2.45) is 0 Å². The van der Waals surface area contributed by atoms with Gasteiger partial charge in [-0.05, 0) is 24.0 Å². The number of anilines is 2. The third-order valence-electron chi connectivity index (χ3n) is 3.98. The van der Waals surface area contributed by atoms with Gasteiger partial charge in [0, 0.05) is 12.1 Å². The zero-order valence-electron chi connectivity index (χ0n) is 14.5. The van der Waals surface area contributed by atoms with Crippen molar-refractivity contribution in [2.75, 3.05) is 16.4 Å². The first-order valence-electron chi connectivity index (χ1n) is 8.24. The molecule has 0 aliphatic carbocycles. The van der Waals surface area contributed by atoms with Crippen LogP contribution in [0.4, 0.5) is 24.7 Å². The molecule has 0 radical (unpaired) electrons. The van der Waals surface area contributed by atoms with Gasteiger partial charge in [-0.25, -0.2) is 4.98 Å². The SMILES string of the molecule is CCSc1nc2c(c(=O)[nH]1)[C@@H](C(=O)Nc1cccc(C(F)(F)F)c1)CC(=O)N2. The van der Waals surface area contributed by atoms with E-state index in [9.17, 15) is 27.6 Å². The first-order valence-corrected chi connectivity index (χ1v) is 9.22. The molecule has 0 spiro atoms. The number of amides is 2. The number of carbonyl (C=O) groups is 2. The topological polar surface area (TPSA) is 104 Å². The predicted octanol–water partition coefficient (Wildman–Crippen LogP) is 2.97. The normalized spacial score (nSPS) is 16.3. The molecule has 0 fully saturated rings. The number of carbonyl (C=O) groups excluding carboxylic acids is 2. The Morgan fingerprint density at radius 1 is 1.36 bits per heavy atom. The van der Waals surface area contributed by atoms with Gasteiger partial charge < -0.3 is 15.6 Å². The molecular weight excluding hydrogens is 397 g/mol. The van der Waals surface area contributed by atoms with Crippen LogP contribution in [0.25, 0.3) is 0 Å². The fourth-order valence-electron chi connectivity index (χ4n) is 2.78. The Labute approximate surface area is 161 Å². The zero-order chi connectivity index (χ0) is 20.5. The smallest absolute Gasteiger partial charge is 0.326 e. The van der Waals surface area contributed by atoms with E-state index in [1.807, 2.05) is 6.92 Å². The first-order chi connectivity index (χ1) is 13.2. The van der Waals surface area contributed by atoms with Gasteiger partial charge in [0.1, 0.15) is 5.82 Å². The molecule has 2 aromatic rings. The average molecular weight is 412 g/mol. The number of nitrogens with zero attached hydrogens (tertiary/aromatic N) is 1. The van der Waals surface area contributed by atoms with Crippen molar-refractivity contribution in [1.29, 1.82) is 0 Å². The number of benzene rings is 1. The Morgan fingerprint density at radius 3 is 2.79 bits per heavy atom. The lowest BCUT2D eigenvalue weighted by Gasteiger charge is -2.23. The minimum atomic E-state index is -4.56. The van der Waals surface area contributed by atoms with E-state index in [1.54, 1.807) is 0 Å². The van der Waals surface area contributed by atoms with Crippen LogP contribution >= 0.6 is 11.8 Å². The van der Waals surface area contributed by atoms with Crippen LogP contribution in [0.15, 0.2) is 34.2 Å². The van der Waals surface area contributed by atoms with E-state index in [1.165, 1.54) is 17.8 Å². The third kappa shape index (κ3) is 4.19. The number of H-pyrrole nitrogens is 1.